The molecule has 2 heteroatoms. The quantitative estimate of drug-likeness (QED) is 0.603. The van der Waals surface area contributed by atoms with E-state index in [1.165, 1.54) is 32.4 Å². The van der Waals surface area contributed by atoms with E-state index in [9.17, 15) is 0 Å². The van der Waals surface area contributed by atoms with Crippen molar-refractivity contribution in [3.8, 4) is 0 Å². The fraction of sp³-hybridized carbons (Fsp3) is 1.00. The Morgan fingerprint density at radius 3 is 2.00 bits per heavy atom. The summed E-state index contributed by atoms with van der Waals surface area (Å²) >= 11 is 4.30. The van der Waals surface area contributed by atoms with Crippen LogP contribution in [0.25, 0.3) is 0 Å². The third-order valence-electron chi connectivity index (χ3n) is 2.41. The van der Waals surface area contributed by atoms with Gasteiger partial charge in [-0.05, 0) is 31.7 Å². The molecular formula is C10H23NS. The Hall–Kier alpha value is 0.310. The molecule has 0 aromatic rings. The highest BCUT2D eigenvalue weighted by Crippen LogP contribution is 2.11. The highest BCUT2D eigenvalue weighted by atomic mass is 32.1. The second kappa shape index (κ2) is 7.93. The van der Waals surface area contributed by atoms with Gasteiger partial charge in [0, 0.05) is 6.04 Å². The molecule has 0 fully saturated rings. The van der Waals surface area contributed by atoms with Gasteiger partial charge in [0.2, 0.25) is 0 Å². The summed E-state index contributed by atoms with van der Waals surface area (Å²) in [6.07, 6.45) is 3.84. The molecule has 0 spiro atoms. The van der Waals surface area contributed by atoms with Crippen LogP contribution in [0.2, 0.25) is 0 Å². The molecule has 0 amide bonds. The van der Waals surface area contributed by atoms with E-state index in [1.807, 2.05) is 0 Å². The Bertz CT molecular complexity index is 85.8. The average molecular weight is 189 g/mol. The molecule has 74 valence electrons. The van der Waals surface area contributed by atoms with Crippen LogP contribution in [-0.4, -0.2) is 29.8 Å². The summed E-state index contributed by atoms with van der Waals surface area (Å²) in [4.78, 5) is 2.54. The molecule has 0 aromatic carbocycles. The molecule has 0 aliphatic rings. The Kier molecular flexibility index (Phi) is 8.14. The summed E-state index contributed by atoms with van der Waals surface area (Å²) < 4.78 is 0. The van der Waals surface area contributed by atoms with Crippen LogP contribution in [-0.2, 0) is 0 Å². The lowest BCUT2D eigenvalue weighted by atomic mass is 10.1. The molecule has 1 atom stereocenters. The Labute approximate surface area is 82.9 Å². The monoisotopic (exact) mass is 189 g/mol. The molecule has 0 aromatic heterocycles. The maximum absolute atomic E-state index is 4.30. The van der Waals surface area contributed by atoms with Crippen molar-refractivity contribution in [2.24, 2.45) is 0 Å². The summed E-state index contributed by atoms with van der Waals surface area (Å²) in [5, 5.41) is 0. The summed E-state index contributed by atoms with van der Waals surface area (Å²) in [6, 6.07) is 0.766. The molecule has 0 aliphatic carbocycles. The first-order valence-electron chi connectivity index (χ1n) is 5.14. The van der Waals surface area contributed by atoms with Gasteiger partial charge in [-0.1, -0.05) is 27.2 Å². The van der Waals surface area contributed by atoms with Crippen molar-refractivity contribution < 1.29 is 0 Å². The normalized spacial score (nSPS) is 13.8. The van der Waals surface area contributed by atoms with Crippen molar-refractivity contribution >= 4 is 12.6 Å². The molecule has 1 unspecified atom stereocenters. The minimum atomic E-state index is 0.766. The molecule has 0 rings (SSSR count). The van der Waals surface area contributed by atoms with Gasteiger partial charge in [0.25, 0.3) is 0 Å². The third kappa shape index (κ3) is 4.36. The lowest BCUT2D eigenvalue weighted by Crippen LogP contribution is -2.35. The highest BCUT2D eigenvalue weighted by molar-refractivity contribution is 7.80. The van der Waals surface area contributed by atoms with Crippen LogP contribution in [0.5, 0.6) is 0 Å². The molecule has 0 radical (unpaired) electrons. The van der Waals surface area contributed by atoms with Gasteiger partial charge in [0.05, 0.1) is 0 Å². The first kappa shape index (κ1) is 12.3. The van der Waals surface area contributed by atoms with E-state index in [0.29, 0.717) is 0 Å². The number of thiol groups is 1. The van der Waals surface area contributed by atoms with E-state index in [-0.39, 0.29) is 0 Å². The number of hydrogen-bond donors (Lipinski definition) is 1. The Morgan fingerprint density at radius 1 is 1.08 bits per heavy atom. The van der Waals surface area contributed by atoms with Crippen LogP contribution in [0.1, 0.15) is 40.0 Å². The van der Waals surface area contributed by atoms with Crippen LogP contribution in [0.15, 0.2) is 0 Å². The molecule has 0 saturated heterocycles. The lowest BCUT2D eigenvalue weighted by Gasteiger charge is -2.29. The smallest absolute Gasteiger partial charge is 0.0103 e. The van der Waals surface area contributed by atoms with Gasteiger partial charge >= 0.3 is 0 Å². The zero-order valence-electron chi connectivity index (χ0n) is 8.71. The molecular weight excluding hydrogens is 166 g/mol. The van der Waals surface area contributed by atoms with Crippen molar-refractivity contribution in [3.63, 3.8) is 0 Å². The van der Waals surface area contributed by atoms with Crippen LogP contribution in [0.4, 0.5) is 0 Å². The minimum absolute atomic E-state index is 0.766. The van der Waals surface area contributed by atoms with Gasteiger partial charge in [-0.25, -0.2) is 0 Å². The number of hydrogen-bond acceptors (Lipinski definition) is 2. The summed E-state index contributed by atoms with van der Waals surface area (Å²) in [5.74, 6) is 1.02. The number of rotatable bonds is 7. The first-order chi connectivity index (χ1) is 5.79. The largest absolute Gasteiger partial charge is 0.301 e. The standard InChI is InChI=1S/C10H23NS/c1-4-7-10(8-9-12)11(5-2)6-3/h10,12H,4-9H2,1-3H3. The van der Waals surface area contributed by atoms with Crippen molar-refractivity contribution in [2.45, 2.75) is 46.1 Å². The van der Waals surface area contributed by atoms with Gasteiger partial charge in [-0.3, -0.25) is 0 Å². The molecule has 0 saturated carbocycles. The van der Waals surface area contributed by atoms with Crippen molar-refractivity contribution in [2.75, 3.05) is 18.8 Å². The maximum atomic E-state index is 4.30. The fourth-order valence-electron chi connectivity index (χ4n) is 1.73. The number of nitrogens with zero attached hydrogens (tertiary/aromatic N) is 1. The van der Waals surface area contributed by atoms with E-state index in [2.05, 4.69) is 38.3 Å². The van der Waals surface area contributed by atoms with E-state index in [1.54, 1.807) is 0 Å². The van der Waals surface area contributed by atoms with E-state index in [0.717, 1.165) is 11.8 Å². The van der Waals surface area contributed by atoms with Gasteiger partial charge < -0.3 is 4.90 Å². The second-order valence-electron chi connectivity index (χ2n) is 3.18. The Balaban J connectivity index is 3.86. The van der Waals surface area contributed by atoms with E-state index in [4.69, 9.17) is 0 Å². The highest BCUT2D eigenvalue weighted by Gasteiger charge is 2.12. The van der Waals surface area contributed by atoms with Gasteiger partial charge in [-0.2, -0.15) is 12.6 Å². The van der Waals surface area contributed by atoms with Crippen LogP contribution in [0, 0.1) is 0 Å². The van der Waals surface area contributed by atoms with Crippen LogP contribution in [0.3, 0.4) is 0 Å². The average Bonchev–Trinajstić information content (AvgIpc) is 2.07. The zero-order chi connectivity index (χ0) is 9.40. The zero-order valence-corrected chi connectivity index (χ0v) is 9.61. The molecule has 1 nitrogen and oxygen atoms in total. The molecule has 0 aliphatic heterocycles. The van der Waals surface area contributed by atoms with Crippen LogP contribution < -0.4 is 0 Å². The fourth-order valence-corrected chi connectivity index (χ4v) is 2.03. The van der Waals surface area contributed by atoms with Gasteiger partial charge in [-0.15, -0.1) is 0 Å². The summed E-state index contributed by atoms with van der Waals surface area (Å²) in [5.41, 5.74) is 0. The minimum Gasteiger partial charge on any atom is -0.301 e. The lowest BCUT2D eigenvalue weighted by molar-refractivity contribution is 0.201. The molecule has 12 heavy (non-hydrogen) atoms. The maximum Gasteiger partial charge on any atom is 0.0103 e. The van der Waals surface area contributed by atoms with Crippen molar-refractivity contribution in [3.05, 3.63) is 0 Å². The van der Waals surface area contributed by atoms with Gasteiger partial charge in [0.1, 0.15) is 0 Å². The third-order valence-corrected chi connectivity index (χ3v) is 2.67. The predicted molar refractivity (Wildman–Crippen MR) is 60.1 cm³/mol. The molecule has 0 heterocycles. The summed E-state index contributed by atoms with van der Waals surface area (Å²) in [7, 11) is 0. The first-order valence-corrected chi connectivity index (χ1v) is 5.78. The van der Waals surface area contributed by atoms with Crippen LogP contribution >= 0.6 is 12.6 Å². The SMILES string of the molecule is CCCC(CCS)N(CC)CC. The van der Waals surface area contributed by atoms with E-state index < -0.39 is 0 Å². The molecule has 0 N–H and O–H groups in total. The molecule has 0 bridgehead atoms. The topological polar surface area (TPSA) is 3.24 Å². The predicted octanol–water partition coefficient (Wildman–Crippen LogP) is 2.82. The van der Waals surface area contributed by atoms with E-state index >= 15 is 0 Å². The van der Waals surface area contributed by atoms with Crippen molar-refractivity contribution in [1.29, 1.82) is 0 Å². The summed E-state index contributed by atoms with van der Waals surface area (Å²) in [6.45, 7) is 9.09. The van der Waals surface area contributed by atoms with Gasteiger partial charge in [0.15, 0.2) is 0 Å². The van der Waals surface area contributed by atoms with Crippen molar-refractivity contribution in [1.82, 2.24) is 4.90 Å². The Morgan fingerprint density at radius 2 is 1.67 bits per heavy atom. The second-order valence-corrected chi connectivity index (χ2v) is 3.62.